The van der Waals surface area contributed by atoms with Gasteiger partial charge < -0.3 is 14.5 Å². The molecule has 0 aromatic carbocycles. The average molecular weight is 279 g/mol. The molecule has 0 fully saturated rings. The Morgan fingerprint density at radius 3 is 3.05 bits per heavy atom. The van der Waals surface area contributed by atoms with Crippen LogP contribution in [0.2, 0.25) is 0 Å². The quantitative estimate of drug-likeness (QED) is 0.695. The van der Waals surface area contributed by atoms with Crippen molar-refractivity contribution in [3.05, 3.63) is 30.0 Å². The van der Waals surface area contributed by atoms with Gasteiger partial charge in [-0.2, -0.15) is 4.80 Å². The van der Waals surface area contributed by atoms with Crippen molar-refractivity contribution in [3.8, 4) is 0 Å². The van der Waals surface area contributed by atoms with Gasteiger partial charge in [0.2, 0.25) is 5.91 Å². The van der Waals surface area contributed by atoms with Crippen LogP contribution in [0.1, 0.15) is 11.6 Å². The van der Waals surface area contributed by atoms with Crippen molar-refractivity contribution in [1.29, 1.82) is 0 Å². The number of hydrogen-bond donors (Lipinski definition) is 1. The van der Waals surface area contributed by atoms with Crippen LogP contribution >= 0.6 is 0 Å². The Morgan fingerprint density at radius 1 is 1.50 bits per heavy atom. The summed E-state index contributed by atoms with van der Waals surface area (Å²) < 4.78 is 9.56. The predicted molar refractivity (Wildman–Crippen MR) is 64.1 cm³/mol. The number of nitrogens with zero attached hydrogens (tertiary/aromatic N) is 4. The van der Waals surface area contributed by atoms with E-state index >= 15 is 0 Å². The summed E-state index contributed by atoms with van der Waals surface area (Å²) in [5, 5.41) is 13.9. The average Bonchev–Trinajstić information content (AvgIpc) is 3.08. The molecule has 2 aromatic rings. The lowest BCUT2D eigenvalue weighted by molar-refractivity contribution is -0.139. The zero-order chi connectivity index (χ0) is 14.4. The van der Waals surface area contributed by atoms with Crippen LogP contribution in [-0.2, 0) is 33.8 Å². The first kappa shape index (κ1) is 13.7. The highest BCUT2D eigenvalue weighted by atomic mass is 16.5. The van der Waals surface area contributed by atoms with Gasteiger partial charge in [-0.3, -0.25) is 9.59 Å². The molecule has 2 heterocycles. The Bertz CT molecular complexity index is 577. The molecule has 0 unspecified atom stereocenters. The lowest BCUT2D eigenvalue weighted by atomic mass is 10.4. The normalized spacial score (nSPS) is 10.2. The second-order valence-corrected chi connectivity index (χ2v) is 3.85. The molecule has 106 valence electrons. The summed E-state index contributed by atoms with van der Waals surface area (Å²) in [5.41, 5.74) is 0. The van der Waals surface area contributed by atoms with Crippen molar-refractivity contribution in [2.45, 2.75) is 19.5 Å². The Labute approximate surface area is 113 Å². The van der Waals surface area contributed by atoms with Gasteiger partial charge in [0.15, 0.2) is 5.82 Å². The van der Waals surface area contributed by atoms with Crippen LogP contribution in [-0.4, -0.2) is 39.2 Å². The first-order valence-electron chi connectivity index (χ1n) is 5.80. The molecule has 0 aliphatic heterocycles. The van der Waals surface area contributed by atoms with Gasteiger partial charge in [-0.05, 0) is 17.3 Å². The zero-order valence-corrected chi connectivity index (χ0v) is 10.8. The first-order valence-corrected chi connectivity index (χ1v) is 5.80. The van der Waals surface area contributed by atoms with Crippen LogP contribution in [0.15, 0.2) is 22.8 Å². The van der Waals surface area contributed by atoms with Crippen molar-refractivity contribution in [1.82, 2.24) is 25.5 Å². The summed E-state index contributed by atoms with van der Waals surface area (Å²) in [6.07, 6.45) is 1.45. The number of furan rings is 1. The zero-order valence-electron chi connectivity index (χ0n) is 10.8. The maximum atomic E-state index is 11.6. The Balaban J connectivity index is 1.80. The molecule has 0 spiro atoms. The van der Waals surface area contributed by atoms with Gasteiger partial charge in [0.25, 0.3) is 0 Å². The summed E-state index contributed by atoms with van der Waals surface area (Å²) >= 11 is 0. The maximum Gasteiger partial charge on any atom is 0.313 e. The second-order valence-electron chi connectivity index (χ2n) is 3.85. The highest BCUT2D eigenvalue weighted by Gasteiger charge is 2.11. The first-order chi connectivity index (χ1) is 9.67. The van der Waals surface area contributed by atoms with E-state index in [0.717, 1.165) is 4.80 Å². The number of methoxy groups -OCH3 is 1. The van der Waals surface area contributed by atoms with Gasteiger partial charge >= 0.3 is 5.97 Å². The van der Waals surface area contributed by atoms with Crippen LogP contribution in [0.3, 0.4) is 0 Å². The molecular weight excluding hydrogens is 266 g/mol. The highest BCUT2D eigenvalue weighted by Crippen LogP contribution is 1.98. The molecule has 0 saturated heterocycles. The van der Waals surface area contributed by atoms with E-state index in [1.807, 2.05) is 0 Å². The van der Waals surface area contributed by atoms with Crippen LogP contribution in [0.25, 0.3) is 0 Å². The Morgan fingerprint density at radius 2 is 2.35 bits per heavy atom. The summed E-state index contributed by atoms with van der Waals surface area (Å²) in [7, 11) is 1.27. The van der Waals surface area contributed by atoms with Crippen LogP contribution < -0.4 is 5.32 Å². The Hall–Kier alpha value is -2.71. The van der Waals surface area contributed by atoms with Crippen LogP contribution in [0.4, 0.5) is 0 Å². The topological polar surface area (TPSA) is 112 Å². The van der Waals surface area contributed by atoms with E-state index in [1.165, 1.54) is 13.4 Å². The number of nitrogens with one attached hydrogen (secondary N) is 1. The summed E-state index contributed by atoms with van der Waals surface area (Å²) in [4.78, 5) is 23.7. The van der Waals surface area contributed by atoms with Gasteiger partial charge in [0, 0.05) is 0 Å². The molecule has 2 aromatic heterocycles. The second kappa shape index (κ2) is 6.45. The number of amides is 1. The molecule has 0 aliphatic carbocycles. The van der Waals surface area contributed by atoms with E-state index in [-0.39, 0.29) is 31.2 Å². The molecule has 0 radical (unpaired) electrons. The maximum absolute atomic E-state index is 11.6. The monoisotopic (exact) mass is 279 g/mol. The molecule has 0 atom stereocenters. The third kappa shape index (κ3) is 3.90. The number of aromatic nitrogens is 4. The molecule has 9 nitrogen and oxygen atoms in total. The lowest BCUT2D eigenvalue weighted by Crippen LogP contribution is -2.28. The molecular formula is C11H13N5O4. The molecule has 0 bridgehead atoms. The molecule has 2 rings (SSSR count). The SMILES string of the molecule is COC(=O)Cc1nnn(CC(=O)NCc2ccco2)n1. The fourth-order valence-corrected chi connectivity index (χ4v) is 1.40. The number of esters is 1. The summed E-state index contributed by atoms with van der Waals surface area (Å²) in [5.74, 6) is 0.0993. The molecule has 1 N–H and O–H groups in total. The summed E-state index contributed by atoms with van der Waals surface area (Å²) in [6, 6.07) is 3.49. The third-order valence-electron chi connectivity index (χ3n) is 2.35. The fraction of sp³-hybridized carbons (Fsp3) is 0.364. The van der Waals surface area contributed by atoms with E-state index in [2.05, 4.69) is 25.5 Å². The van der Waals surface area contributed by atoms with Gasteiger partial charge in [0.05, 0.1) is 19.9 Å². The smallest absolute Gasteiger partial charge is 0.313 e. The predicted octanol–water partition coefficient (Wildman–Crippen LogP) is -0.702. The fourth-order valence-electron chi connectivity index (χ4n) is 1.40. The van der Waals surface area contributed by atoms with Gasteiger partial charge in [-0.1, -0.05) is 0 Å². The number of carbonyl (C=O) groups excluding carboxylic acids is 2. The van der Waals surface area contributed by atoms with E-state index in [0.29, 0.717) is 5.76 Å². The minimum atomic E-state index is -0.466. The number of carbonyl (C=O) groups is 2. The van der Waals surface area contributed by atoms with E-state index in [4.69, 9.17) is 4.42 Å². The third-order valence-corrected chi connectivity index (χ3v) is 2.35. The van der Waals surface area contributed by atoms with Gasteiger partial charge in [-0.25, -0.2) is 0 Å². The van der Waals surface area contributed by atoms with E-state index in [9.17, 15) is 9.59 Å². The molecule has 1 amide bonds. The summed E-state index contributed by atoms with van der Waals surface area (Å²) in [6.45, 7) is 0.199. The number of tetrazole rings is 1. The highest BCUT2D eigenvalue weighted by molar-refractivity contribution is 5.75. The van der Waals surface area contributed by atoms with Crippen molar-refractivity contribution >= 4 is 11.9 Å². The van der Waals surface area contributed by atoms with Crippen molar-refractivity contribution in [3.63, 3.8) is 0 Å². The van der Waals surface area contributed by atoms with Crippen molar-refractivity contribution in [2.75, 3.05) is 7.11 Å². The number of hydrogen-bond acceptors (Lipinski definition) is 7. The van der Waals surface area contributed by atoms with E-state index < -0.39 is 5.97 Å². The standard InChI is InChI=1S/C11H13N5O4/c1-19-11(18)5-9-13-15-16(14-9)7-10(17)12-6-8-3-2-4-20-8/h2-4H,5-7H2,1H3,(H,12,17). The van der Waals surface area contributed by atoms with Crippen LogP contribution in [0.5, 0.6) is 0 Å². The largest absolute Gasteiger partial charge is 0.469 e. The molecule has 20 heavy (non-hydrogen) atoms. The molecule has 0 saturated carbocycles. The van der Waals surface area contributed by atoms with Gasteiger partial charge in [-0.15, -0.1) is 10.2 Å². The number of ether oxygens (including phenoxy) is 1. The minimum Gasteiger partial charge on any atom is -0.469 e. The number of rotatable bonds is 6. The van der Waals surface area contributed by atoms with E-state index in [1.54, 1.807) is 12.1 Å². The minimum absolute atomic E-state index is 0.0789. The van der Waals surface area contributed by atoms with Crippen LogP contribution in [0, 0.1) is 0 Å². The van der Waals surface area contributed by atoms with Gasteiger partial charge in [0.1, 0.15) is 18.7 Å². The lowest BCUT2D eigenvalue weighted by Gasteiger charge is -2.01. The molecule has 9 heteroatoms. The van der Waals surface area contributed by atoms with Crippen molar-refractivity contribution < 1.29 is 18.7 Å². The Kier molecular flexibility index (Phi) is 4.43. The van der Waals surface area contributed by atoms with Crippen molar-refractivity contribution in [2.24, 2.45) is 0 Å². The molecule has 0 aliphatic rings.